The molecule has 0 atom stereocenters. The van der Waals surface area contributed by atoms with Crippen molar-refractivity contribution in [1.29, 1.82) is 0 Å². The second-order valence-corrected chi connectivity index (χ2v) is 10.4. The van der Waals surface area contributed by atoms with Crippen LogP contribution in [0.5, 0.6) is 11.5 Å². The van der Waals surface area contributed by atoms with Crippen molar-refractivity contribution in [1.82, 2.24) is 0 Å². The van der Waals surface area contributed by atoms with Crippen LogP contribution in [0.25, 0.3) is 64.3 Å². The Bertz CT molecular complexity index is 1960. The van der Waals surface area contributed by atoms with Gasteiger partial charge in [-0.3, -0.25) is 0 Å². The third-order valence-electron chi connectivity index (χ3n) is 7.27. The monoisotopic (exact) mass is 476 g/mol. The van der Waals surface area contributed by atoms with Gasteiger partial charge in [-0.2, -0.15) is 0 Å². The van der Waals surface area contributed by atoms with Crippen molar-refractivity contribution < 1.29 is 4.74 Å². The Hall–Kier alpha value is -4.40. The van der Waals surface area contributed by atoms with E-state index in [0.717, 1.165) is 17.1 Å². The van der Waals surface area contributed by atoms with E-state index < -0.39 is 0 Å². The minimum atomic E-state index is 0.918. The van der Waals surface area contributed by atoms with Gasteiger partial charge in [-0.05, 0) is 69.6 Å². The average Bonchev–Trinajstić information content (AvgIpc) is 3.32. The first-order chi connectivity index (χ1) is 17.8. The normalized spacial score (nSPS) is 12.1. The van der Waals surface area contributed by atoms with Crippen LogP contribution in [0, 0.1) is 0 Å². The molecule has 6 aromatic carbocycles. The highest BCUT2D eigenvalue weighted by Gasteiger charge is 2.20. The molecule has 0 unspecified atom stereocenters. The molecular formula is C34H20OS. The van der Waals surface area contributed by atoms with Gasteiger partial charge in [-0.25, -0.2) is 0 Å². The fraction of sp³-hybridized carbons (Fsp3) is 0. The van der Waals surface area contributed by atoms with Crippen molar-refractivity contribution in [2.75, 3.05) is 0 Å². The Kier molecular flexibility index (Phi) is 4.16. The lowest BCUT2D eigenvalue weighted by Crippen LogP contribution is -1.97. The molecule has 0 spiro atoms. The van der Waals surface area contributed by atoms with E-state index >= 15 is 0 Å². The minimum absolute atomic E-state index is 0.918. The molecule has 0 aliphatic carbocycles. The van der Waals surface area contributed by atoms with E-state index in [-0.39, 0.29) is 0 Å². The highest BCUT2D eigenvalue weighted by molar-refractivity contribution is 7.25. The van der Waals surface area contributed by atoms with E-state index in [1.165, 1.54) is 58.8 Å². The Morgan fingerprint density at radius 2 is 1.17 bits per heavy atom. The first-order valence-electron chi connectivity index (χ1n) is 12.2. The van der Waals surface area contributed by atoms with Gasteiger partial charge < -0.3 is 4.74 Å². The molecule has 0 saturated heterocycles. The second-order valence-electron chi connectivity index (χ2n) is 9.33. The number of ether oxygens (including phenoxy) is 1. The van der Waals surface area contributed by atoms with Crippen molar-refractivity contribution in [3.8, 4) is 44.9 Å². The number of hydrogen-bond donors (Lipinski definition) is 0. The molecule has 0 fully saturated rings. The SMILES string of the molecule is c1ccc2c(c1)Oc1cccc3cc(-c4ccc(-c5cccc6sc7ccccc7c56)cc4)cc-2c13. The largest absolute Gasteiger partial charge is 0.456 e. The van der Waals surface area contributed by atoms with Crippen LogP contribution >= 0.6 is 11.3 Å². The van der Waals surface area contributed by atoms with Gasteiger partial charge in [0.15, 0.2) is 0 Å². The summed E-state index contributed by atoms with van der Waals surface area (Å²) in [6, 6.07) is 43.6. The lowest BCUT2D eigenvalue weighted by molar-refractivity contribution is 0.487. The summed E-state index contributed by atoms with van der Waals surface area (Å²) in [6.07, 6.45) is 0. The summed E-state index contributed by atoms with van der Waals surface area (Å²) in [7, 11) is 0. The predicted octanol–water partition coefficient (Wildman–Crippen LogP) is 10.3. The molecule has 1 nitrogen and oxygen atoms in total. The summed E-state index contributed by atoms with van der Waals surface area (Å²) in [6.45, 7) is 0. The summed E-state index contributed by atoms with van der Waals surface area (Å²) >= 11 is 1.87. The highest BCUT2D eigenvalue weighted by Crippen LogP contribution is 2.48. The maximum Gasteiger partial charge on any atom is 0.135 e. The van der Waals surface area contributed by atoms with Crippen LogP contribution in [-0.2, 0) is 0 Å². The molecular weight excluding hydrogens is 456 g/mol. The zero-order valence-electron chi connectivity index (χ0n) is 19.4. The molecule has 1 aliphatic heterocycles. The first kappa shape index (κ1) is 19.9. The van der Waals surface area contributed by atoms with Crippen LogP contribution in [0.2, 0.25) is 0 Å². The molecule has 0 saturated carbocycles. The standard InChI is InChI=1S/C34H20OS/c1-3-11-29-26(8-1)28-20-24(19-23-7-5-12-30(35-29)33(23)28)21-15-17-22(18-16-21)25-10-6-14-32-34(25)27-9-2-4-13-31(27)36-32/h1-20H. The Balaban J connectivity index is 1.28. The van der Waals surface area contributed by atoms with Crippen LogP contribution in [-0.4, -0.2) is 0 Å². The van der Waals surface area contributed by atoms with Crippen molar-refractivity contribution in [2.24, 2.45) is 0 Å². The summed E-state index contributed by atoms with van der Waals surface area (Å²) in [4.78, 5) is 0. The number of benzene rings is 6. The van der Waals surface area contributed by atoms with Gasteiger partial charge in [0.1, 0.15) is 11.5 Å². The maximum absolute atomic E-state index is 6.22. The number of para-hydroxylation sites is 1. The van der Waals surface area contributed by atoms with Crippen LogP contribution in [0.1, 0.15) is 0 Å². The predicted molar refractivity (Wildman–Crippen MR) is 153 cm³/mol. The van der Waals surface area contributed by atoms with Crippen molar-refractivity contribution >= 4 is 42.3 Å². The molecule has 1 aliphatic rings. The van der Waals surface area contributed by atoms with E-state index in [2.05, 4.69) is 109 Å². The molecule has 0 N–H and O–H groups in total. The van der Waals surface area contributed by atoms with Crippen molar-refractivity contribution in [3.63, 3.8) is 0 Å². The summed E-state index contributed by atoms with van der Waals surface area (Å²) in [5.41, 5.74) is 7.36. The minimum Gasteiger partial charge on any atom is -0.456 e. The van der Waals surface area contributed by atoms with Crippen molar-refractivity contribution in [2.45, 2.75) is 0 Å². The smallest absolute Gasteiger partial charge is 0.135 e. The summed E-state index contributed by atoms with van der Waals surface area (Å²) in [5.74, 6) is 1.85. The van der Waals surface area contributed by atoms with Crippen LogP contribution in [0.3, 0.4) is 0 Å². The highest BCUT2D eigenvalue weighted by atomic mass is 32.1. The molecule has 0 amide bonds. The van der Waals surface area contributed by atoms with Gasteiger partial charge >= 0.3 is 0 Å². The van der Waals surface area contributed by atoms with Crippen LogP contribution < -0.4 is 4.74 Å². The first-order valence-corrected chi connectivity index (χ1v) is 13.0. The zero-order chi connectivity index (χ0) is 23.6. The topological polar surface area (TPSA) is 9.23 Å². The Labute approximate surface area is 212 Å². The molecule has 8 rings (SSSR count). The lowest BCUT2D eigenvalue weighted by atomic mass is 9.90. The molecule has 0 radical (unpaired) electrons. The number of rotatable bonds is 2. The van der Waals surface area contributed by atoms with Gasteiger partial charge in [-0.15, -0.1) is 11.3 Å². The molecule has 36 heavy (non-hydrogen) atoms. The average molecular weight is 477 g/mol. The van der Waals surface area contributed by atoms with Gasteiger partial charge in [-0.1, -0.05) is 84.9 Å². The van der Waals surface area contributed by atoms with E-state index in [0.29, 0.717) is 0 Å². The fourth-order valence-corrected chi connectivity index (χ4v) is 6.74. The number of fused-ring (bicyclic) bond motifs is 5. The molecule has 0 bridgehead atoms. The third kappa shape index (κ3) is 2.89. The van der Waals surface area contributed by atoms with Gasteiger partial charge in [0.2, 0.25) is 0 Å². The van der Waals surface area contributed by atoms with Crippen LogP contribution in [0.15, 0.2) is 121 Å². The molecule has 2 heterocycles. The summed E-state index contributed by atoms with van der Waals surface area (Å²) in [5, 5.41) is 5.08. The van der Waals surface area contributed by atoms with E-state index in [4.69, 9.17) is 4.74 Å². The van der Waals surface area contributed by atoms with E-state index in [9.17, 15) is 0 Å². The van der Waals surface area contributed by atoms with E-state index in [1.54, 1.807) is 0 Å². The van der Waals surface area contributed by atoms with Crippen LogP contribution in [0.4, 0.5) is 0 Å². The Morgan fingerprint density at radius 1 is 0.444 bits per heavy atom. The number of hydrogen-bond acceptors (Lipinski definition) is 2. The molecule has 2 heteroatoms. The molecule has 1 aromatic heterocycles. The number of thiophene rings is 1. The van der Waals surface area contributed by atoms with E-state index in [1.807, 2.05) is 23.5 Å². The molecule has 7 aromatic rings. The lowest BCUT2D eigenvalue weighted by Gasteiger charge is -2.22. The Morgan fingerprint density at radius 3 is 2.11 bits per heavy atom. The van der Waals surface area contributed by atoms with Gasteiger partial charge in [0.05, 0.1) is 0 Å². The third-order valence-corrected chi connectivity index (χ3v) is 8.40. The van der Waals surface area contributed by atoms with Crippen molar-refractivity contribution in [3.05, 3.63) is 121 Å². The van der Waals surface area contributed by atoms with Gasteiger partial charge in [0.25, 0.3) is 0 Å². The zero-order valence-corrected chi connectivity index (χ0v) is 20.2. The quantitative estimate of drug-likeness (QED) is 0.241. The van der Waals surface area contributed by atoms with Gasteiger partial charge in [0, 0.05) is 31.1 Å². The fourth-order valence-electron chi connectivity index (χ4n) is 5.61. The maximum atomic E-state index is 6.22. The molecule has 168 valence electrons. The second kappa shape index (κ2) is 7.55. The summed E-state index contributed by atoms with van der Waals surface area (Å²) < 4.78 is 8.89.